The van der Waals surface area contributed by atoms with Crippen molar-refractivity contribution in [2.75, 3.05) is 19.6 Å². The summed E-state index contributed by atoms with van der Waals surface area (Å²) in [6, 6.07) is 10.5. The van der Waals surface area contributed by atoms with Gasteiger partial charge in [0.05, 0.1) is 0 Å². The molecule has 1 N–H and O–H groups in total. The standard InChI is InChI=1S/C16H22N2O2/c19-16(18-10-4-5-11-18)20-15-12-14(8-9-17-15)13-6-2-1-3-7-13/h1-3,6-7,14-15,17H,4-5,8-12H2. The topological polar surface area (TPSA) is 41.6 Å². The van der Waals surface area contributed by atoms with Crippen molar-refractivity contribution in [2.24, 2.45) is 0 Å². The number of rotatable bonds is 2. The van der Waals surface area contributed by atoms with Crippen molar-refractivity contribution in [1.29, 1.82) is 0 Å². The Labute approximate surface area is 120 Å². The van der Waals surface area contributed by atoms with Crippen LogP contribution < -0.4 is 5.32 Å². The Hall–Kier alpha value is -1.55. The number of likely N-dealkylation sites (tertiary alicyclic amines) is 1. The summed E-state index contributed by atoms with van der Waals surface area (Å²) in [6.07, 6.45) is 3.85. The molecule has 0 saturated carbocycles. The van der Waals surface area contributed by atoms with Gasteiger partial charge in [-0.3, -0.25) is 5.32 Å². The average Bonchev–Trinajstić information content (AvgIpc) is 3.03. The molecule has 0 bridgehead atoms. The van der Waals surface area contributed by atoms with Crippen LogP contribution in [0.15, 0.2) is 30.3 Å². The highest BCUT2D eigenvalue weighted by Gasteiger charge is 2.28. The summed E-state index contributed by atoms with van der Waals surface area (Å²) in [5, 5.41) is 3.30. The molecule has 2 aliphatic rings. The largest absolute Gasteiger partial charge is 0.430 e. The molecule has 2 saturated heterocycles. The maximum absolute atomic E-state index is 12.0. The summed E-state index contributed by atoms with van der Waals surface area (Å²) in [7, 11) is 0. The van der Waals surface area contributed by atoms with Crippen molar-refractivity contribution in [3.63, 3.8) is 0 Å². The third-order valence-electron chi connectivity index (χ3n) is 4.24. The van der Waals surface area contributed by atoms with Crippen molar-refractivity contribution >= 4 is 6.09 Å². The highest BCUT2D eigenvalue weighted by Crippen LogP contribution is 2.28. The maximum Gasteiger partial charge on any atom is 0.411 e. The summed E-state index contributed by atoms with van der Waals surface area (Å²) in [5.74, 6) is 0.480. The normalized spacial score (nSPS) is 26.5. The number of carbonyl (C=O) groups excluding carboxylic acids is 1. The summed E-state index contributed by atoms with van der Waals surface area (Å²) < 4.78 is 5.60. The highest BCUT2D eigenvalue weighted by molar-refractivity contribution is 5.68. The average molecular weight is 274 g/mol. The van der Waals surface area contributed by atoms with E-state index in [0.717, 1.165) is 45.3 Å². The number of amides is 1. The van der Waals surface area contributed by atoms with Gasteiger partial charge in [0, 0.05) is 19.5 Å². The van der Waals surface area contributed by atoms with Crippen LogP contribution in [0.25, 0.3) is 0 Å². The number of hydrogen-bond donors (Lipinski definition) is 1. The van der Waals surface area contributed by atoms with Gasteiger partial charge in [-0.1, -0.05) is 30.3 Å². The van der Waals surface area contributed by atoms with E-state index < -0.39 is 0 Å². The van der Waals surface area contributed by atoms with E-state index in [1.54, 1.807) is 0 Å². The van der Waals surface area contributed by atoms with E-state index in [4.69, 9.17) is 4.74 Å². The van der Waals surface area contributed by atoms with Gasteiger partial charge in [-0.05, 0) is 37.3 Å². The zero-order valence-corrected chi connectivity index (χ0v) is 11.8. The number of ether oxygens (including phenoxy) is 1. The molecular formula is C16H22N2O2. The Morgan fingerprint density at radius 2 is 1.95 bits per heavy atom. The summed E-state index contributed by atoms with van der Waals surface area (Å²) >= 11 is 0. The van der Waals surface area contributed by atoms with E-state index in [2.05, 4.69) is 29.6 Å². The van der Waals surface area contributed by atoms with Crippen LogP contribution >= 0.6 is 0 Å². The van der Waals surface area contributed by atoms with Crippen LogP contribution in [0.1, 0.15) is 37.2 Å². The molecule has 2 heterocycles. The Morgan fingerprint density at radius 1 is 1.20 bits per heavy atom. The van der Waals surface area contributed by atoms with Crippen molar-refractivity contribution in [2.45, 2.75) is 37.8 Å². The molecule has 0 aromatic heterocycles. The number of hydrogen-bond acceptors (Lipinski definition) is 3. The minimum absolute atomic E-state index is 0.151. The Balaban J connectivity index is 1.56. The van der Waals surface area contributed by atoms with Crippen LogP contribution in [0.3, 0.4) is 0 Å². The van der Waals surface area contributed by atoms with E-state index >= 15 is 0 Å². The van der Waals surface area contributed by atoms with Gasteiger partial charge in [0.2, 0.25) is 0 Å². The van der Waals surface area contributed by atoms with Gasteiger partial charge in [0.25, 0.3) is 0 Å². The molecule has 0 radical (unpaired) electrons. The lowest BCUT2D eigenvalue weighted by atomic mass is 9.89. The van der Waals surface area contributed by atoms with Gasteiger partial charge >= 0.3 is 6.09 Å². The lowest BCUT2D eigenvalue weighted by Gasteiger charge is -2.31. The second-order valence-electron chi connectivity index (χ2n) is 5.65. The van der Waals surface area contributed by atoms with E-state index in [1.807, 2.05) is 11.0 Å². The van der Waals surface area contributed by atoms with E-state index in [0.29, 0.717) is 5.92 Å². The summed E-state index contributed by atoms with van der Waals surface area (Å²) in [5.41, 5.74) is 1.34. The molecule has 4 heteroatoms. The van der Waals surface area contributed by atoms with Gasteiger partial charge in [-0.2, -0.15) is 0 Å². The molecule has 3 rings (SSSR count). The first-order valence-electron chi connectivity index (χ1n) is 7.57. The first-order valence-corrected chi connectivity index (χ1v) is 7.57. The molecule has 20 heavy (non-hydrogen) atoms. The third-order valence-corrected chi connectivity index (χ3v) is 4.24. The molecule has 1 aromatic carbocycles. The Bertz CT molecular complexity index is 443. The van der Waals surface area contributed by atoms with Crippen LogP contribution in [0.2, 0.25) is 0 Å². The zero-order chi connectivity index (χ0) is 13.8. The van der Waals surface area contributed by atoms with Crippen molar-refractivity contribution in [1.82, 2.24) is 10.2 Å². The van der Waals surface area contributed by atoms with Crippen LogP contribution in [-0.4, -0.2) is 36.9 Å². The molecule has 2 aliphatic heterocycles. The molecular weight excluding hydrogens is 252 g/mol. The summed E-state index contributed by atoms with van der Waals surface area (Å²) in [6.45, 7) is 2.58. The Kier molecular flexibility index (Phi) is 4.21. The van der Waals surface area contributed by atoms with Crippen molar-refractivity contribution in [3.8, 4) is 0 Å². The fourth-order valence-electron chi connectivity index (χ4n) is 3.09. The van der Waals surface area contributed by atoms with Crippen LogP contribution in [0.4, 0.5) is 4.79 Å². The zero-order valence-electron chi connectivity index (χ0n) is 11.8. The lowest BCUT2D eigenvalue weighted by molar-refractivity contribution is 0.0342. The fraction of sp³-hybridized carbons (Fsp3) is 0.562. The van der Waals surface area contributed by atoms with Gasteiger partial charge in [-0.15, -0.1) is 0 Å². The molecule has 108 valence electrons. The van der Waals surface area contributed by atoms with Crippen LogP contribution in [0.5, 0.6) is 0 Å². The van der Waals surface area contributed by atoms with Gasteiger partial charge in [0.15, 0.2) is 6.23 Å². The van der Waals surface area contributed by atoms with Gasteiger partial charge in [0.1, 0.15) is 0 Å². The fourth-order valence-corrected chi connectivity index (χ4v) is 3.09. The van der Waals surface area contributed by atoms with Crippen LogP contribution in [0, 0.1) is 0 Å². The minimum Gasteiger partial charge on any atom is -0.430 e. The first-order chi connectivity index (χ1) is 9.83. The first kappa shape index (κ1) is 13.4. The molecule has 2 atom stereocenters. The minimum atomic E-state index is -0.159. The quantitative estimate of drug-likeness (QED) is 0.901. The molecule has 4 nitrogen and oxygen atoms in total. The second-order valence-corrected chi connectivity index (χ2v) is 5.65. The SMILES string of the molecule is O=C(OC1CC(c2ccccc2)CCN1)N1CCCC1. The maximum atomic E-state index is 12.0. The molecule has 2 unspecified atom stereocenters. The van der Waals surface area contributed by atoms with Crippen molar-refractivity contribution in [3.05, 3.63) is 35.9 Å². The number of nitrogens with zero attached hydrogens (tertiary/aromatic N) is 1. The molecule has 1 amide bonds. The number of nitrogens with one attached hydrogen (secondary N) is 1. The molecule has 0 spiro atoms. The molecule has 1 aromatic rings. The van der Waals surface area contributed by atoms with E-state index in [9.17, 15) is 4.79 Å². The smallest absolute Gasteiger partial charge is 0.411 e. The predicted molar refractivity (Wildman–Crippen MR) is 77.5 cm³/mol. The second kappa shape index (κ2) is 6.27. The number of carbonyl (C=O) groups is 1. The molecule has 2 fully saturated rings. The van der Waals surface area contributed by atoms with E-state index in [-0.39, 0.29) is 12.3 Å². The number of benzene rings is 1. The third kappa shape index (κ3) is 3.12. The van der Waals surface area contributed by atoms with Crippen molar-refractivity contribution < 1.29 is 9.53 Å². The molecule has 0 aliphatic carbocycles. The summed E-state index contributed by atoms with van der Waals surface area (Å²) in [4.78, 5) is 13.8. The van der Waals surface area contributed by atoms with E-state index in [1.165, 1.54) is 5.56 Å². The number of piperidine rings is 1. The monoisotopic (exact) mass is 274 g/mol. The van der Waals surface area contributed by atoms with Gasteiger partial charge < -0.3 is 9.64 Å². The van der Waals surface area contributed by atoms with Crippen LogP contribution in [-0.2, 0) is 4.74 Å². The predicted octanol–water partition coefficient (Wildman–Crippen LogP) is 2.71. The highest BCUT2D eigenvalue weighted by atomic mass is 16.6. The Morgan fingerprint density at radius 3 is 2.70 bits per heavy atom. The lowest BCUT2D eigenvalue weighted by Crippen LogP contribution is -2.43. The van der Waals surface area contributed by atoms with Gasteiger partial charge in [-0.25, -0.2) is 4.79 Å².